The molecular weight excluding hydrogens is 328 g/mol. The van der Waals surface area contributed by atoms with Crippen molar-refractivity contribution in [3.05, 3.63) is 37.5 Å². The maximum absolute atomic E-state index is 12.0. The lowest BCUT2D eigenvalue weighted by Gasteiger charge is -2.19. The van der Waals surface area contributed by atoms with Gasteiger partial charge in [-0.25, -0.2) is 4.98 Å². The topological polar surface area (TPSA) is 51.2 Å². The fourth-order valence-electron chi connectivity index (χ4n) is 2.82. The molecule has 0 fully saturated rings. The molecule has 0 aliphatic heterocycles. The predicted molar refractivity (Wildman–Crippen MR) is 95.8 cm³/mol. The van der Waals surface area contributed by atoms with Gasteiger partial charge in [0.05, 0.1) is 18.2 Å². The summed E-state index contributed by atoms with van der Waals surface area (Å²) < 4.78 is 5.14. The molecule has 3 rings (SSSR count). The molecule has 1 amide bonds. The van der Waals surface area contributed by atoms with Gasteiger partial charge in [-0.2, -0.15) is 0 Å². The normalized spacial score (nSPS) is 17.4. The van der Waals surface area contributed by atoms with Crippen molar-refractivity contribution >= 4 is 40.7 Å². The largest absolute Gasteiger partial charge is 0.380 e. The van der Waals surface area contributed by atoms with Gasteiger partial charge in [0.1, 0.15) is 5.01 Å². The Labute approximate surface area is 144 Å². The molecule has 2 aromatic heterocycles. The van der Waals surface area contributed by atoms with Gasteiger partial charge in [-0.1, -0.05) is 0 Å². The fraction of sp³-hybridized carbons (Fsp3) is 0.412. The molecule has 1 atom stereocenters. The molecule has 1 aliphatic rings. The molecule has 2 heterocycles. The van der Waals surface area contributed by atoms with Gasteiger partial charge in [-0.05, 0) is 48.4 Å². The van der Waals surface area contributed by atoms with E-state index in [2.05, 4.69) is 22.8 Å². The number of carbonyl (C=O) groups is 1. The van der Waals surface area contributed by atoms with E-state index in [0.29, 0.717) is 6.61 Å². The molecular formula is C17H20N2O2S2. The summed E-state index contributed by atoms with van der Waals surface area (Å²) in [5.74, 6) is -0.00793. The summed E-state index contributed by atoms with van der Waals surface area (Å²) in [5, 5.41) is 5.84. The summed E-state index contributed by atoms with van der Waals surface area (Å²) in [6.07, 6.45) is 7.12. The lowest BCUT2D eigenvalue weighted by Crippen LogP contribution is -2.28. The van der Waals surface area contributed by atoms with Gasteiger partial charge in [-0.15, -0.1) is 22.7 Å². The zero-order valence-electron chi connectivity index (χ0n) is 13.3. The molecule has 4 nitrogen and oxygen atoms in total. The summed E-state index contributed by atoms with van der Waals surface area (Å²) in [6.45, 7) is 0.643. The van der Waals surface area contributed by atoms with Gasteiger partial charge in [-0.3, -0.25) is 4.79 Å². The Morgan fingerprint density at radius 3 is 3.17 bits per heavy atom. The standard InChI is InChI=1S/C17H20N2O2S2/c1-18-17(20)13-4-3-5-14-16(13)19-15(23-14)7-6-12-8-11(9-21-2)10-22-12/h6-8,10,13H,3-5,9H2,1-2H3,(H,18,20)/b7-6+. The van der Waals surface area contributed by atoms with E-state index in [1.807, 2.05) is 6.08 Å². The highest BCUT2D eigenvalue weighted by Crippen LogP contribution is 2.35. The highest BCUT2D eigenvalue weighted by atomic mass is 32.1. The van der Waals surface area contributed by atoms with E-state index in [-0.39, 0.29) is 11.8 Å². The van der Waals surface area contributed by atoms with Gasteiger partial charge in [0.25, 0.3) is 0 Å². The van der Waals surface area contributed by atoms with Crippen LogP contribution >= 0.6 is 22.7 Å². The fourth-order valence-corrected chi connectivity index (χ4v) is 4.68. The molecule has 1 unspecified atom stereocenters. The summed E-state index contributed by atoms with van der Waals surface area (Å²) in [5.41, 5.74) is 2.17. The quantitative estimate of drug-likeness (QED) is 0.896. The molecule has 2 aromatic rings. The minimum absolute atomic E-state index is 0.0780. The Bertz CT molecular complexity index is 718. The highest BCUT2D eigenvalue weighted by molar-refractivity contribution is 7.13. The van der Waals surface area contributed by atoms with Crippen LogP contribution in [0.5, 0.6) is 0 Å². The van der Waals surface area contributed by atoms with Crippen molar-refractivity contribution in [1.82, 2.24) is 10.3 Å². The zero-order chi connectivity index (χ0) is 16.2. The zero-order valence-corrected chi connectivity index (χ0v) is 14.9. The number of thiazole rings is 1. The van der Waals surface area contributed by atoms with Crippen LogP contribution in [0.3, 0.4) is 0 Å². The van der Waals surface area contributed by atoms with Crippen LogP contribution in [0.15, 0.2) is 11.4 Å². The van der Waals surface area contributed by atoms with E-state index in [0.717, 1.165) is 30.0 Å². The second-order valence-corrected chi connectivity index (χ2v) is 7.60. The van der Waals surface area contributed by atoms with Gasteiger partial charge in [0.15, 0.2) is 0 Å². The molecule has 1 aliphatic carbocycles. The molecule has 122 valence electrons. The number of amides is 1. The third kappa shape index (κ3) is 3.71. The van der Waals surface area contributed by atoms with Crippen LogP contribution in [0.2, 0.25) is 0 Å². The van der Waals surface area contributed by atoms with Crippen LogP contribution in [-0.4, -0.2) is 25.0 Å². The summed E-state index contributed by atoms with van der Waals surface area (Å²) in [7, 11) is 3.40. The molecule has 6 heteroatoms. The van der Waals surface area contributed by atoms with E-state index < -0.39 is 0 Å². The molecule has 0 bridgehead atoms. The lowest BCUT2D eigenvalue weighted by molar-refractivity contribution is -0.122. The average molecular weight is 348 g/mol. The monoisotopic (exact) mass is 348 g/mol. The summed E-state index contributed by atoms with van der Waals surface area (Å²) >= 11 is 3.40. The van der Waals surface area contributed by atoms with Crippen molar-refractivity contribution in [1.29, 1.82) is 0 Å². The van der Waals surface area contributed by atoms with E-state index >= 15 is 0 Å². The minimum atomic E-state index is -0.0859. The number of likely N-dealkylation sites (N-methyl/N-ethyl adjacent to an activating group) is 1. The van der Waals surface area contributed by atoms with E-state index in [4.69, 9.17) is 9.72 Å². The molecule has 0 spiro atoms. The Balaban J connectivity index is 1.77. The first-order chi connectivity index (χ1) is 11.2. The maximum Gasteiger partial charge on any atom is 0.228 e. The van der Waals surface area contributed by atoms with Crippen molar-refractivity contribution in [2.45, 2.75) is 31.8 Å². The third-order valence-corrected chi connectivity index (χ3v) is 5.95. The number of fused-ring (bicyclic) bond motifs is 1. The van der Waals surface area contributed by atoms with Crippen molar-refractivity contribution in [3.63, 3.8) is 0 Å². The van der Waals surface area contributed by atoms with E-state index in [1.165, 1.54) is 15.3 Å². The van der Waals surface area contributed by atoms with Crippen LogP contribution in [-0.2, 0) is 22.6 Å². The van der Waals surface area contributed by atoms with Gasteiger partial charge in [0, 0.05) is 23.9 Å². The predicted octanol–water partition coefficient (Wildman–Crippen LogP) is 3.69. The number of hydrogen-bond acceptors (Lipinski definition) is 5. The summed E-state index contributed by atoms with van der Waals surface area (Å²) in [6, 6.07) is 2.13. The van der Waals surface area contributed by atoms with Crippen LogP contribution in [0.25, 0.3) is 12.2 Å². The van der Waals surface area contributed by atoms with Crippen molar-refractivity contribution in [2.24, 2.45) is 0 Å². The number of aromatic nitrogens is 1. The lowest BCUT2D eigenvalue weighted by atomic mass is 9.90. The molecule has 23 heavy (non-hydrogen) atoms. The number of thiophene rings is 1. The van der Waals surface area contributed by atoms with Gasteiger partial charge >= 0.3 is 0 Å². The number of nitrogens with zero attached hydrogens (tertiary/aromatic N) is 1. The minimum Gasteiger partial charge on any atom is -0.380 e. The smallest absolute Gasteiger partial charge is 0.228 e. The van der Waals surface area contributed by atoms with E-state index in [9.17, 15) is 4.79 Å². The molecule has 0 saturated heterocycles. The number of aryl methyl sites for hydroxylation is 1. The molecule has 0 radical (unpaired) electrons. The Morgan fingerprint density at radius 1 is 1.52 bits per heavy atom. The summed E-state index contributed by atoms with van der Waals surface area (Å²) in [4.78, 5) is 19.2. The number of ether oxygens (including phenoxy) is 1. The van der Waals surface area contributed by atoms with Gasteiger partial charge in [0.2, 0.25) is 5.91 Å². The van der Waals surface area contributed by atoms with Crippen LogP contribution in [0.1, 0.15) is 44.8 Å². The second-order valence-electron chi connectivity index (χ2n) is 5.54. The number of hydrogen-bond donors (Lipinski definition) is 1. The SMILES string of the molecule is CNC(=O)C1CCCc2sc(/C=C/c3cc(COC)cs3)nc21. The third-order valence-electron chi connectivity index (χ3n) is 3.91. The van der Waals surface area contributed by atoms with Crippen LogP contribution in [0.4, 0.5) is 0 Å². The Morgan fingerprint density at radius 2 is 2.39 bits per heavy atom. The van der Waals surface area contributed by atoms with Crippen LogP contribution < -0.4 is 5.32 Å². The number of nitrogens with one attached hydrogen (secondary N) is 1. The molecule has 1 N–H and O–H groups in total. The van der Waals surface area contributed by atoms with Crippen molar-refractivity contribution in [2.75, 3.05) is 14.2 Å². The van der Waals surface area contributed by atoms with Gasteiger partial charge < -0.3 is 10.1 Å². The number of carbonyl (C=O) groups excluding carboxylic acids is 1. The number of rotatable bonds is 5. The Hall–Kier alpha value is -1.50. The first-order valence-electron chi connectivity index (χ1n) is 7.67. The van der Waals surface area contributed by atoms with Crippen LogP contribution in [0, 0.1) is 0 Å². The first kappa shape index (κ1) is 16.4. The average Bonchev–Trinajstić information content (AvgIpc) is 3.18. The highest BCUT2D eigenvalue weighted by Gasteiger charge is 2.29. The molecule has 0 saturated carbocycles. The Kier molecular flexibility index (Phi) is 5.25. The van der Waals surface area contributed by atoms with Crippen molar-refractivity contribution in [3.8, 4) is 0 Å². The van der Waals surface area contributed by atoms with Crippen molar-refractivity contribution < 1.29 is 9.53 Å². The molecule has 0 aromatic carbocycles. The maximum atomic E-state index is 12.0. The van der Waals surface area contributed by atoms with E-state index in [1.54, 1.807) is 36.8 Å². The first-order valence-corrected chi connectivity index (χ1v) is 9.36. The second kappa shape index (κ2) is 7.38. The number of methoxy groups -OCH3 is 1.